The van der Waals surface area contributed by atoms with Gasteiger partial charge in [0.15, 0.2) is 0 Å². The summed E-state index contributed by atoms with van der Waals surface area (Å²) in [6.07, 6.45) is -1.33. The van der Waals surface area contributed by atoms with Crippen LogP contribution in [0.2, 0.25) is 0 Å². The van der Waals surface area contributed by atoms with Crippen LogP contribution in [0.1, 0.15) is 0 Å². The molecule has 0 aromatic rings. The summed E-state index contributed by atoms with van der Waals surface area (Å²) in [6, 6.07) is 0. The Kier molecular flexibility index (Phi) is 18.9. The van der Waals surface area contributed by atoms with Gasteiger partial charge in [-0.05, 0) is 0 Å². The topological polar surface area (TPSA) is 131 Å². The molecule has 8 heteroatoms. The summed E-state index contributed by atoms with van der Waals surface area (Å²) >= 11 is 0. The second-order valence-electron chi connectivity index (χ2n) is 2.62. The fourth-order valence-electron chi connectivity index (χ4n) is 0.671. The van der Waals surface area contributed by atoms with Crippen molar-refractivity contribution in [3.8, 4) is 0 Å². The Morgan fingerprint density at radius 3 is 1.29 bits per heavy atom. The van der Waals surface area contributed by atoms with Crippen LogP contribution in [0, 0.1) is 0 Å². The van der Waals surface area contributed by atoms with Gasteiger partial charge in [-0.3, -0.25) is 0 Å². The first-order valence-corrected chi connectivity index (χ1v) is 5.08. The summed E-state index contributed by atoms with van der Waals surface area (Å²) in [5.74, 6) is 0. The highest BCUT2D eigenvalue weighted by Gasteiger charge is 1.89. The molecule has 0 heterocycles. The molecule has 0 unspecified atom stereocenters. The number of hydrogen-bond acceptors (Lipinski definition) is 6. The molecule has 0 radical (unpaired) electrons. The summed E-state index contributed by atoms with van der Waals surface area (Å²) < 4.78 is 15.0. The maximum absolute atomic E-state index is 8.78. The fourth-order valence-corrected chi connectivity index (χ4v) is 0.671. The zero-order valence-corrected chi connectivity index (χ0v) is 9.71. The van der Waals surface area contributed by atoms with Crippen molar-refractivity contribution < 1.29 is 34.3 Å². The number of aliphatic hydroxyl groups excluding tert-OH is 2. The van der Waals surface area contributed by atoms with E-state index < -0.39 is 6.09 Å². The lowest BCUT2D eigenvalue weighted by Crippen LogP contribution is -2.11. The minimum Gasteiger partial charge on any atom is -0.465 e. The van der Waals surface area contributed by atoms with Crippen LogP contribution >= 0.6 is 0 Å². The van der Waals surface area contributed by atoms with Crippen molar-refractivity contribution in [3.05, 3.63) is 0 Å². The Morgan fingerprint density at radius 2 is 1.06 bits per heavy atom. The van der Waals surface area contributed by atoms with Crippen molar-refractivity contribution in [2.45, 2.75) is 0 Å². The molecule has 0 aliphatic rings. The molecule has 5 N–H and O–H groups in total. The molecule has 0 spiro atoms. The van der Waals surface area contributed by atoms with Gasteiger partial charge in [0.2, 0.25) is 0 Å². The van der Waals surface area contributed by atoms with E-state index in [1.54, 1.807) is 0 Å². The lowest BCUT2D eigenvalue weighted by molar-refractivity contribution is 0.00230. The average molecular weight is 255 g/mol. The van der Waals surface area contributed by atoms with Gasteiger partial charge in [0.25, 0.3) is 0 Å². The lowest BCUT2D eigenvalue weighted by atomic mass is 10.7. The Morgan fingerprint density at radius 1 is 0.824 bits per heavy atom. The van der Waals surface area contributed by atoms with E-state index in [2.05, 4.69) is 5.73 Å². The van der Waals surface area contributed by atoms with Crippen LogP contribution in [0.4, 0.5) is 4.79 Å². The molecular formula is C9H21NO7. The summed E-state index contributed by atoms with van der Waals surface area (Å²) in [5, 5.41) is 23.9. The zero-order chi connectivity index (χ0) is 13.4. The molecule has 104 valence electrons. The number of aliphatic hydroxyl groups is 2. The molecule has 0 rings (SSSR count). The highest BCUT2D eigenvalue weighted by atomic mass is 16.5. The van der Waals surface area contributed by atoms with Gasteiger partial charge in [-0.25, -0.2) is 4.79 Å². The molecule has 0 aliphatic heterocycles. The highest BCUT2D eigenvalue weighted by molar-refractivity contribution is 5.61. The van der Waals surface area contributed by atoms with E-state index in [-0.39, 0.29) is 13.2 Å². The van der Waals surface area contributed by atoms with Gasteiger partial charge in [0, 0.05) is 0 Å². The molecular weight excluding hydrogens is 234 g/mol. The van der Waals surface area contributed by atoms with Crippen LogP contribution in [0.15, 0.2) is 0 Å². The number of amides is 1. The van der Waals surface area contributed by atoms with Gasteiger partial charge in [0.1, 0.15) is 0 Å². The fraction of sp³-hybridized carbons (Fsp3) is 0.889. The molecule has 0 atom stereocenters. The van der Waals surface area contributed by atoms with E-state index in [9.17, 15) is 0 Å². The second kappa shape index (κ2) is 17.5. The van der Waals surface area contributed by atoms with Gasteiger partial charge in [-0.1, -0.05) is 0 Å². The number of primary amides is 1. The molecule has 0 bridgehead atoms. The van der Waals surface area contributed by atoms with Crippen LogP contribution in [0.5, 0.6) is 0 Å². The third-order valence-corrected chi connectivity index (χ3v) is 1.22. The van der Waals surface area contributed by atoms with Crippen LogP contribution in [0.25, 0.3) is 0 Å². The van der Waals surface area contributed by atoms with Crippen LogP contribution in [-0.4, -0.2) is 74.3 Å². The van der Waals surface area contributed by atoms with Crippen LogP contribution in [0.3, 0.4) is 0 Å². The minimum atomic E-state index is -1.33. The van der Waals surface area contributed by atoms with Crippen molar-refractivity contribution in [2.75, 3.05) is 52.9 Å². The third-order valence-electron chi connectivity index (χ3n) is 1.22. The van der Waals surface area contributed by atoms with Crippen molar-refractivity contribution in [1.29, 1.82) is 0 Å². The molecule has 0 saturated carbocycles. The predicted octanol–water partition coefficient (Wildman–Crippen LogP) is -1.36. The Hall–Kier alpha value is -0.930. The van der Waals surface area contributed by atoms with Crippen molar-refractivity contribution in [1.82, 2.24) is 0 Å². The number of carbonyl (C=O) groups is 1. The first-order valence-electron chi connectivity index (χ1n) is 5.08. The van der Waals surface area contributed by atoms with Gasteiger partial charge in [-0.15, -0.1) is 0 Å². The second-order valence-corrected chi connectivity index (χ2v) is 2.62. The SMILES string of the molecule is NC(=O)O.OCCOCCOCCOCCO. The van der Waals surface area contributed by atoms with E-state index in [0.717, 1.165) is 0 Å². The molecule has 0 aromatic carbocycles. The van der Waals surface area contributed by atoms with E-state index >= 15 is 0 Å². The summed E-state index contributed by atoms with van der Waals surface area (Å²) in [4.78, 5) is 8.78. The Labute approximate surface area is 99.9 Å². The first kappa shape index (κ1) is 18.4. The maximum atomic E-state index is 8.78. The average Bonchev–Trinajstić information content (AvgIpc) is 2.26. The monoisotopic (exact) mass is 255 g/mol. The summed E-state index contributed by atoms with van der Waals surface area (Å²) in [6.45, 7) is 2.76. The normalized spacial score (nSPS) is 9.53. The largest absolute Gasteiger partial charge is 0.465 e. The quantitative estimate of drug-likeness (QED) is 0.355. The van der Waals surface area contributed by atoms with Crippen molar-refractivity contribution in [3.63, 3.8) is 0 Å². The number of ether oxygens (including phenoxy) is 3. The lowest BCUT2D eigenvalue weighted by Gasteiger charge is -2.04. The first-order chi connectivity index (χ1) is 8.15. The maximum Gasteiger partial charge on any atom is 0.402 e. The number of carboxylic acid groups (broad SMARTS) is 1. The Balaban J connectivity index is 0. The van der Waals surface area contributed by atoms with E-state index in [1.165, 1.54) is 0 Å². The molecule has 1 amide bonds. The molecule has 8 nitrogen and oxygen atoms in total. The van der Waals surface area contributed by atoms with Gasteiger partial charge in [0.05, 0.1) is 52.9 Å². The number of hydrogen-bond donors (Lipinski definition) is 4. The molecule has 0 aliphatic carbocycles. The van der Waals surface area contributed by atoms with E-state index in [4.69, 9.17) is 34.3 Å². The smallest absolute Gasteiger partial charge is 0.402 e. The van der Waals surface area contributed by atoms with Crippen molar-refractivity contribution in [2.24, 2.45) is 5.73 Å². The predicted molar refractivity (Wildman–Crippen MR) is 58.8 cm³/mol. The van der Waals surface area contributed by atoms with Gasteiger partial charge >= 0.3 is 6.09 Å². The van der Waals surface area contributed by atoms with E-state index in [1.807, 2.05) is 0 Å². The molecule has 0 fully saturated rings. The van der Waals surface area contributed by atoms with E-state index in [0.29, 0.717) is 39.6 Å². The third kappa shape index (κ3) is 31.3. The molecule has 0 aromatic heterocycles. The number of nitrogens with two attached hydrogens (primary N) is 1. The standard InChI is InChI=1S/C8H18O5.CH3NO2/c9-1-3-11-5-7-13-8-6-12-4-2-10;2-1(3)4/h9-10H,1-8H2;2H2,(H,3,4). The summed E-state index contributed by atoms with van der Waals surface area (Å²) in [7, 11) is 0. The van der Waals surface area contributed by atoms with Crippen LogP contribution in [-0.2, 0) is 14.2 Å². The molecule has 17 heavy (non-hydrogen) atoms. The Bertz CT molecular complexity index is 142. The highest BCUT2D eigenvalue weighted by Crippen LogP contribution is 1.80. The molecule has 0 saturated heterocycles. The summed E-state index contributed by atoms with van der Waals surface area (Å²) in [5.41, 5.74) is 4.03. The van der Waals surface area contributed by atoms with Gasteiger partial charge < -0.3 is 35.3 Å². The van der Waals surface area contributed by atoms with Crippen LogP contribution < -0.4 is 5.73 Å². The van der Waals surface area contributed by atoms with Crippen molar-refractivity contribution >= 4 is 6.09 Å². The minimum absolute atomic E-state index is 0.0413. The number of rotatable bonds is 10. The zero-order valence-electron chi connectivity index (χ0n) is 9.71. The van der Waals surface area contributed by atoms with Gasteiger partial charge in [-0.2, -0.15) is 0 Å².